The molecule has 0 aromatic rings. The van der Waals surface area contributed by atoms with Crippen molar-refractivity contribution >= 4 is 29.0 Å². The summed E-state index contributed by atoms with van der Waals surface area (Å²) in [6.45, 7) is 7.25. The van der Waals surface area contributed by atoms with E-state index in [-0.39, 0.29) is 6.09 Å². The Balaban J connectivity index is 2.37. The Labute approximate surface area is 105 Å². The SMILES string of the molecule is CC(C)(C)OC(=O)N1CCC(NI)CC1. The fourth-order valence-corrected chi connectivity index (χ4v) is 2.12. The van der Waals surface area contributed by atoms with E-state index in [1.807, 2.05) is 20.8 Å². The summed E-state index contributed by atoms with van der Waals surface area (Å²) in [4.78, 5) is 13.5. The van der Waals surface area contributed by atoms with Crippen LogP contribution >= 0.6 is 22.9 Å². The van der Waals surface area contributed by atoms with Crippen LogP contribution in [0.2, 0.25) is 0 Å². The summed E-state index contributed by atoms with van der Waals surface area (Å²) in [5.74, 6) is 0. The van der Waals surface area contributed by atoms with Crippen molar-refractivity contribution in [2.45, 2.75) is 45.3 Å². The lowest BCUT2D eigenvalue weighted by molar-refractivity contribution is 0.0205. The first-order valence-electron chi connectivity index (χ1n) is 5.26. The molecule has 0 unspecified atom stereocenters. The van der Waals surface area contributed by atoms with E-state index < -0.39 is 5.60 Å². The molecule has 0 aromatic carbocycles. The first-order valence-corrected chi connectivity index (χ1v) is 6.34. The normalized spacial score (nSPS) is 19.1. The van der Waals surface area contributed by atoms with Crippen LogP contribution in [0.5, 0.6) is 0 Å². The molecule has 0 bridgehead atoms. The number of carbonyl (C=O) groups is 1. The van der Waals surface area contributed by atoms with Gasteiger partial charge in [-0.05, 0) is 33.6 Å². The third kappa shape index (κ3) is 4.55. The van der Waals surface area contributed by atoms with Crippen LogP contribution in [-0.2, 0) is 4.74 Å². The third-order valence-corrected chi connectivity index (χ3v) is 3.18. The average Bonchev–Trinajstić information content (AvgIpc) is 2.15. The van der Waals surface area contributed by atoms with Gasteiger partial charge in [-0.3, -0.25) is 3.53 Å². The largest absolute Gasteiger partial charge is 0.444 e. The molecule has 1 heterocycles. The number of hydrogen-bond donors (Lipinski definition) is 1. The van der Waals surface area contributed by atoms with Gasteiger partial charge >= 0.3 is 6.09 Å². The summed E-state index contributed by atoms with van der Waals surface area (Å²) in [6.07, 6.45) is 1.82. The maximum atomic E-state index is 11.7. The summed E-state index contributed by atoms with van der Waals surface area (Å²) in [6, 6.07) is 0.532. The minimum Gasteiger partial charge on any atom is -0.444 e. The molecule has 5 heteroatoms. The first-order chi connectivity index (χ1) is 6.92. The number of amides is 1. The number of likely N-dealkylation sites (tertiary alicyclic amines) is 1. The maximum absolute atomic E-state index is 11.7. The summed E-state index contributed by atoms with van der Waals surface area (Å²) in [5.41, 5.74) is -0.393. The van der Waals surface area contributed by atoms with E-state index in [1.54, 1.807) is 4.90 Å². The van der Waals surface area contributed by atoms with Gasteiger partial charge in [0.1, 0.15) is 5.60 Å². The lowest BCUT2D eigenvalue weighted by atomic mass is 10.1. The second-order valence-corrected chi connectivity index (χ2v) is 5.47. The molecule has 1 saturated heterocycles. The second-order valence-electron chi connectivity index (χ2n) is 4.85. The minimum absolute atomic E-state index is 0.186. The van der Waals surface area contributed by atoms with Crippen molar-refractivity contribution in [2.24, 2.45) is 0 Å². The monoisotopic (exact) mass is 326 g/mol. The molecular weight excluding hydrogens is 307 g/mol. The van der Waals surface area contributed by atoms with Gasteiger partial charge in [-0.25, -0.2) is 4.79 Å². The predicted molar refractivity (Wildman–Crippen MR) is 68.0 cm³/mol. The second kappa shape index (κ2) is 5.34. The molecule has 15 heavy (non-hydrogen) atoms. The van der Waals surface area contributed by atoms with Crippen LogP contribution in [0.4, 0.5) is 4.79 Å². The molecule has 0 spiro atoms. The van der Waals surface area contributed by atoms with Crippen molar-refractivity contribution in [3.63, 3.8) is 0 Å². The van der Waals surface area contributed by atoms with Crippen molar-refractivity contribution in [1.29, 1.82) is 0 Å². The highest BCUT2D eigenvalue weighted by atomic mass is 127. The molecule has 88 valence electrons. The topological polar surface area (TPSA) is 41.6 Å². The number of piperidine rings is 1. The molecule has 0 saturated carbocycles. The number of carbonyl (C=O) groups excluding carboxylic acids is 1. The number of nitrogens with zero attached hydrogens (tertiary/aromatic N) is 1. The van der Waals surface area contributed by atoms with Gasteiger partial charge in [0, 0.05) is 42.0 Å². The zero-order chi connectivity index (χ0) is 11.5. The van der Waals surface area contributed by atoms with Crippen LogP contribution in [0.15, 0.2) is 0 Å². The van der Waals surface area contributed by atoms with Crippen molar-refractivity contribution in [2.75, 3.05) is 13.1 Å². The van der Waals surface area contributed by atoms with Gasteiger partial charge < -0.3 is 9.64 Å². The quantitative estimate of drug-likeness (QED) is 0.594. The summed E-state index contributed by atoms with van der Waals surface area (Å²) < 4.78 is 8.51. The van der Waals surface area contributed by atoms with Gasteiger partial charge in [-0.2, -0.15) is 0 Å². The van der Waals surface area contributed by atoms with E-state index in [0.29, 0.717) is 6.04 Å². The molecule has 1 amide bonds. The maximum Gasteiger partial charge on any atom is 0.410 e. The molecule has 1 N–H and O–H groups in total. The fraction of sp³-hybridized carbons (Fsp3) is 0.900. The first kappa shape index (κ1) is 13.0. The third-order valence-electron chi connectivity index (χ3n) is 2.30. The summed E-state index contributed by atoms with van der Waals surface area (Å²) >= 11 is 2.17. The molecule has 1 aliphatic rings. The number of nitrogens with one attached hydrogen (secondary N) is 1. The molecule has 1 fully saturated rings. The molecule has 1 aliphatic heterocycles. The van der Waals surface area contributed by atoms with E-state index in [0.717, 1.165) is 25.9 Å². The molecule has 0 atom stereocenters. The van der Waals surface area contributed by atoms with Gasteiger partial charge in [-0.1, -0.05) is 0 Å². The van der Waals surface area contributed by atoms with E-state index in [2.05, 4.69) is 26.4 Å². The Hall–Kier alpha value is -0.0400. The summed E-state index contributed by atoms with van der Waals surface area (Å²) in [7, 11) is 0. The highest BCUT2D eigenvalue weighted by Crippen LogP contribution is 2.15. The molecule has 4 nitrogen and oxygen atoms in total. The Kier molecular flexibility index (Phi) is 4.64. The van der Waals surface area contributed by atoms with Crippen molar-refractivity contribution in [3.8, 4) is 0 Å². The highest BCUT2D eigenvalue weighted by molar-refractivity contribution is 14.1. The molecule has 1 rings (SSSR count). The number of halogens is 1. The highest BCUT2D eigenvalue weighted by Gasteiger charge is 2.26. The average molecular weight is 326 g/mol. The summed E-state index contributed by atoms with van der Waals surface area (Å²) in [5, 5.41) is 0. The van der Waals surface area contributed by atoms with E-state index in [4.69, 9.17) is 4.74 Å². The Morgan fingerprint density at radius 1 is 1.40 bits per heavy atom. The van der Waals surface area contributed by atoms with Gasteiger partial charge in [0.2, 0.25) is 0 Å². The molecule has 0 aromatic heterocycles. The van der Waals surface area contributed by atoms with Crippen LogP contribution in [-0.4, -0.2) is 35.7 Å². The van der Waals surface area contributed by atoms with Crippen LogP contribution in [0.25, 0.3) is 0 Å². The number of ether oxygens (including phenoxy) is 1. The zero-order valence-corrected chi connectivity index (χ0v) is 11.7. The zero-order valence-electron chi connectivity index (χ0n) is 9.55. The predicted octanol–water partition coefficient (Wildman–Crippen LogP) is 2.33. The molecule has 0 radical (unpaired) electrons. The Morgan fingerprint density at radius 2 is 1.93 bits per heavy atom. The van der Waals surface area contributed by atoms with E-state index >= 15 is 0 Å². The lowest BCUT2D eigenvalue weighted by Gasteiger charge is -2.32. The Morgan fingerprint density at radius 3 is 2.33 bits per heavy atom. The van der Waals surface area contributed by atoms with Crippen LogP contribution in [0.3, 0.4) is 0 Å². The van der Waals surface area contributed by atoms with E-state index in [9.17, 15) is 4.79 Å². The smallest absolute Gasteiger partial charge is 0.410 e. The van der Waals surface area contributed by atoms with Crippen LogP contribution in [0, 0.1) is 0 Å². The molecule has 0 aliphatic carbocycles. The van der Waals surface area contributed by atoms with Gasteiger partial charge in [0.05, 0.1) is 0 Å². The van der Waals surface area contributed by atoms with Gasteiger partial charge in [0.15, 0.2) is 0 Å². The van der Waals surface area contributed by atoms with Gasteiger partial charge in [-0.15, -0.1) is 0 Å². The minimum atomic E-state index is -0.393. The van der Waals surface area contributed by atoms with Gasteiger partial charge in [0.25, 0.3) is 0 Å². The molecular formula is C10H19IN2O2. The Bertz CT molecular complexity index is 220. The van der Waals surface area contributed by atoms with E-state index in [1.165, 1.54) is 0 Å². The van der Waals surface area contributed by atoms with Crippen LogP contribution in [0.1, 0.15) is 33.6 Å². The lowest BCUT2D eigenvalue weighted by Crippen LogP contribution is -2.44. The van der Waals surface area contributed by atoms with Crippen molar-refractivity contribution in [3.05, 3.63) is 0 Å². The number of hydrogen-bond acceptors (Lipinski definition) is 3. The standard InChI is InChI=1S/C10H19IN2O2/c1-10(2,3)15-9(14)13-6-4-8(12-11)5-7-13/h8,12H,4-7H2,1-3H3. The van der Waals surface area contributed by atoms with Crippen LogP contribution < -0.4 is 3.53 Å². The van der Waals surface area contributed by atoms with Crippen molar-refractivity contribution in [1.82, 2.24) is 8.43 Å². The van der Waals surface area contributed by atoms with Crippen molar-refractivity contribution < 1.29 is 9.53 Å². The number of rotatable bonds is 1. The fourth-order valence-electron chi connectivity index (χ4n) is 1.50.